The second kappa shape index (κ2) is 15.8. The Morgan fingerprint density at radius 1 is 1.10 bits per heavy atom. The molecule has 42 heavy (non-hydrogen) atoms. The summed E-state index contributed by atoms with van der Waals surface area (Å²) in [5.41, 5.74) is 0.141. The fourth-order valence-corrected chi connectivity index (χ4v) is 4.79. The summed E-state index contributed by atoms with van der Waals surface area (Å²) >= 11 is 0. The third kappa shape index (κ3) is 9.49. The van der Waals surface area contributed by atoms with Gasteiger partial charge in [0.05, 0.1) is 24.6 Å². The monoisotopic (exact) mass is 587 g/mol. The second-order valence-electron chi connectivity index (χ2n) is 10.1. The van der Waals surface area contributed by atoms with E-state index in [1.165, 1.54) is 54.6 Å². The number of aromatic carboxylic acids is 1. The van der Waals surface area contributed by atoms with Crippen molar-refractivity contribution in [1.29, 1.82) is 0 Å². The Labute approximate surface area is 244 Å². The van der Waals surface area contributed by atoms with E-state index in [0.717, 1.165) is 18.9 Å². The smallest absolute Gasteiger partial charge is 0.335 e. The molecule has 2 aromatic rings. The molecule has 226 valence electrons. The van der Waals surface area contributed by atoms with Gasteiger partial charge in [0.25, 0.3) is 0 Å². The van der Waals surface area contributed by atoms with E-state index < -0.39 is 30.0 Å². The Kier molecular flexibility index (Phi) is 12.2. The van der Waals surface area contributed by atoms with Crippen LogP contribution in [0.15, 0.2) is 66.7 Å². The predicted molar refractivity (Wildman–Crippen MR) is 151 cm³/mol. The SMILES string of the molecule is CCOC(=O)CCCCCCN1C(=O)CC[C@@H]1/C=C/[C@@H](O[14C](=O)Cc1ccc(C(=O)O)cc1)C(F)(F)c1ccccc1. The molecule has 1 N–H and O–H groups in total. The number of nitrogens with zero attached hydrogens (tertiary/aromatic N) is 1. The van der Waals surface area contributed by atoms with Crippen LogP contribution in [0.5, 0.6) is 0 Å². The maximum Gasteiger partial charge on any atom is 0.335 e. The van der Waals surface area contributed by atoms with Gasteiger partial charge in [0.2, 0.25) is 5.91 Å². The molecule has 8 nitrogen and oxygen atoms in total. The lowest BCUT2D eigenvalue weighted by molar-refractivity contribution is -0.167. The average Bonchev–Trinajstić information content (AvgIpc) is 3.32. The van der Waals surface area contributed by atoms with Crippen LogP contribution in [0.1, 0.15) is 73.4 Å². The van der Waals surface area contributed by atoms with Gasteiger partial charge in [-0.2, -0.15) is 8.78 Å². The topological polar surface area (TPSA) is 110 Å². The number of likely N-dealkylation sites (tertiary alicyclic amines) is 1. The molecule has 1 fully saturated rings. The van der Waals surface area contributed by atoms with Crippen molar-refractivity contribution in [2.45, 2.75) is 76.4 Å². The zero-order valence-electron chi connectivity index (χ0n) is 23.7. The molecule has 2 atom stereocenters. The van der Waals surface area contributed by atoms with Crippen LogP contribution in [-0.2, 0) is 36.2 Å². The molecule has 0 bridgehead atoms. The van der Waals surface area contributed by atoms with Crippen LogP contribution in [0.4, 0.5) is 8.78 Å². The first-order valence-corrected chi connectivity index (χ1v) is 14.2. The molecular weight excluding hydrogens is 550 g/mol. The number of ether oxygens (including phenoxy) is 2. The van der Waals surface area contributed by atoms with Gasteiger partial charge in [-0.1, -0.05) is 61.4 Å². The van der Waals surface area contributed by atoms with Crippen LogP contribution >= 0.6 is 0 Å². The first kappa shape index (κ1) is 32.4. The molecule has 10 heteroatoms. The van der Waals surface area contributed by atoms with Gasteiger partial charge in [-0.3, -0.25) is 14.4 Å². The number of amides is 1. The number of carboxylic acid groups (broad SMARTS) is 1. The fourth-order valence-electron chi connectivity index (χ4n) is 4.79. The van der Waals surface area contributed by atoms with Crippen molar-refractivity contribution in [3.05, 3.63) is 83.4 Å². The summed E-state index contributed by atoms with van der Waals surface area (Å²) in [5, 5.41) is 9.05. The maximum atomic E-state index is 15.6. The van der Waals surface area contributed by atoms with Crippen LogP contribution in [0.25, 0.3) is 0 Å². The second-order valence-corrected chi connectivity index (χ2v) is 10.1. The zero-order valence-corrected chi connectivity index (χ0v) is 23.7. The van der Waals surface area contributed by atoms with Crippen LogP contribution in [0.3, 0.4) is 0 Å². The molecule has 0 spiro atoms. The highest BCUT2D eigenvalue weighted by molar-refractivity contribution is 5.87. The van der Waals surface area contributed by atoms with Crippen molar-refractivity contribution in [2.24, 2.45) is 0 Å². The van der Waals surface area contributed by atoms with Crippen LogP contribution in [-0.4, -0.2) is 59.1 Å². The standard InChI is InChI=1S/C32H37F2NO7/c1-2-41-29(37)12-8-3-4-9-21-35-26(18-20-28(35)36)17-19-27(32(33,34)25-10-6-5-7-11-25)42-30(38)22-23-13-15-24(16-14-23)31(39)40/h5-7,10-11,13-17,19,26-27H,2-4,8-9,12,18,20-22H2,1H3,(H,39,40)/b19-17+/t26-,27+/m0/s1/i30+2. The lowest BCUT2D eigenvalue weighted by Gasteiger charge is -2.27. The molecule has 1 aliphatic rings. The normalized spacial score (nSPS) is 16.0. The van der Waals surface area contributed by atoms with Gasteiger partial charge in [0.15, 0.2) is 6.10 Å². The summed E-state index contributed by atoms with van der Waals surface area (Å²) in [6.45, 7) is 2.57. The molecule has 2 aromatic carbocycles. The van der Waals surface area contributed by atoms with Crippen molar-refractivity contribution < 1.29 is 42.5 Å². The first-order valence-electron chi connectivity index (χ1n) is 14.2. The number of carbonyl (C=O) groups is 4. The van der Waals surface area contributed by atoms with E-state index in [1.807, 2.05) is 0 Å². The minimum absolute atomic E-state index is 0.0379. The van der Waals surface area contributed by atoms with E-state index in [9.17, 15) is 19.2 Å². The molecule has 0 unspecified atom stereocenters. The Hall–Kier alpha value is -4.08. The van der Waals surface area contributed by atoms with E-state index in [2.05, 4.69) is 0 Å². The third-order valence-electron chi connectivity index (χ3n) is 7.04. The number of unbranched alkanes of at least 4 members (excludes halogenated alkanes) is 3. The summed E-state index contributed by atoms with van der Waals surface area (Å²) in [7, 11) is 0. The summed E-state index contributed by atoms with van der Waals surface area (Å²) in [6.07, 6.45) is 4.56. The lowest BCUT2D eigenvalue weighted by atomic mass is 10.0. The third-order valence-corrected chi connectivity index (χ3v) is 7.04. The maximum absolute atomic E-state index is 15.6. The molecule has 1 saturated heterocycles. The highest BCUT2D eigenvalue weighted by Crippen LogP contribution is 2.35. The predicted octanol–water partition coefficient (Wildman–Crippen LogP) is 5.69. The van der Waals surface area contributed by atoms with Crippen LogP contribution in [0.2, 0.25) is 0 Å². The van der Waals surface area contributed by atoms with Crippen molar-refractivity contribution in [2.75, 3.05) is 13.2 Å². The molecular formula is C32H37F2NO7. The fraction of sp³-hybridized carbons (Fsp3) is 0.438. The van der Waals surface area contributed by atoms with Gasteiger partial charge in [0.1, 0.15) is 0 Å². The van der Waals surface area contributed by atoms with Gasteiger partial charge in [-0.15, -0.1) is 0 Å². The summed E-state index contributed by atoms with van der Waals surface area (Å²) < 4.78 is 41.5. The number of hydrogen-bond acceptors (Lipinski definition) is 6. The van der Waals surface area contributed by atoms with Crippen molar-refractivity contribution >= 4 is 23.8 Å². The van der Waals surface area contributed by atoms with Crippen LogP contribution in [0, 0.1) is 0 Å². The molecule has 1 aliphatic heterocycles. The molecule has 1 heterocycles. The largest absolute Gasteiger partial charge is 0.478 e. The molecule has 0 saturated carbocycles. The molecule has 3 rings (SSSR count). The van der Waals surface area contributed by atoms with Gasteiger partial charge in [0, 0.05) is 24.9 Å². The van der Waals surface area contributed by atoms with E-state index in [4.69, 9.17) is 14.6 Å². The van der Waals surface area contributed by atoms with Crippen molar-refractivity contribution in [3.8, 4) is 0 Å². The van der Waals surface area contributed by atoms with Gasteiger partial charge < -0.3 is 19.5 Å². The van der Waals surface area contributed by atoms with Gasteiger partial charge in [-0.05, 0) is 50.0 Å². The van der Waals surface area contributed by atoms with Gasteiger partial charge in [-0.25, -0.2) is 4.79 Å². The number of carboxylic acids is 1. The zero-order chi connectivity index (χ0) is 30.5. The van der Waals surface area contributed by atoms with E-state index in [-0.39, 0.29) is 29.4 Å². The minimum atomic E-state index is -3.55. The first-order chi connectivity index (χ1) is 20.1. The number of carbonyl (C=O) groups excluding carboxylic acids is 3. The van der Waals surface area contributed by atoms with Crippen LogP contribution < -0.4 is 0 Å². The van der Waals surface area contributed by atoms with E-state index >= 15 is 8.78 Å². The number of hydrogen-bond donors (Lipinski definition) is 1. The van der Waals surface area contributed by atoms with Crippen molar-refractivity contribution in [1.82, 2.24) is 4.90 Å². The number of rotatable bonds is 16. The molecule has 0 aromatic heterocycles. The minimum Gasteiger partial charge on any atom is -0.478 e. The number of halogens is 2. The van der Waals surface area contributed by atoms with E-state index in [1.54, 1.807) is 17.9 Å². The molecule has 0 radical (unpaired) electrons. The number of alkyl halides is 2. The average molecular weight is 588 g/mol. The summed E-state index contributed by atoms with van der Waals surface area (Å²) in [4.78, 5) is 49.5. The highest BCUT2D eigenvalue weighted by atomic mass is 19.3. The van der Waals surface area contributed by atoms with Crippen molar-refractivity contribution in [3.63, 3.8) is 0 Å². The Balaban J connectivity index is 1.66. The Morgan fingerprint density at radius 3 is 2.45 bits per heavy atom. The number of benzene rings is 2. The van der Waals surface area contributed by atoms with E-state index in [0.29, 0.717) is 50.8 Å². The summed E-state index contributed by atoms with van der Waals surface area (Å²) in [6, 6.07) is 12.2. The lowest BCUT2D eigenvalue weighted by Crippen LogP contribution is -2.36. The highest BCUT2D eigenvalue weighted by Gasteiger charge is 2.43. The number of esters is 2. The quantitative estimate of drug-likeness (QED) is 0.153. The van der Waals surface area contributed by atoms with Gasteiger partial charge >= 0.3 is 23.8 Å². The molecule has 1 amide bonds. The Morgan fingerprint density at radius 2 is 1.79 bits per heavy atom. The molecule has 0 aliphatic carbocycles. The Bertz CT molecular complexity index is 1230. The summed E-state index contributed by atoms with van der Waals surface area (Å²) in [5.74, 6) is -5.86.